The molecule has 0 aliphatic carbocycles. The Morgan fingerprint density at radius 3 is 2.88 bits per heavy atom. The van der Waals surface area contributed by atoms with E-state index in [1.807, 2.05) is 17.5 Å². The topological polar surface area (TPSA) is 52.2 Å². The first-order valence-electron chi connectivity index (χ1n) is 7.05. The highest BCUT2D eigenvalue weighted by molar-refractivity contribution is 8.00. The van der Waals surface area contributed by atoms with Crippen LogP contribution in [0.1, 0.15) is 5.69 Å². The van der Waals surface area contributed by atoms with Gasteiger partial charge in [0.05, 0.1) is 11.4 Å². The van der Waals surface area contributed by atoms with Crippen molar-refractivity contribution >= 4 is 63.2 Å². The summed E-state index contributed by atoms with van der Waals surface area (Å²) in [5.74, 6) is 0.562. The van der Waals surface area contributed by atoms with Crippen LogP contribution in [0.4, 0.5) is 0 Å². The predicted octanol–water partition coefficient (Wildman–Crippen LogP) is 4.68. The second kappa shape index (κ2) is 7.00. The fraction of sp³-hybridized carbons (Fsp3) is 0.0667. The molecular formula is C15H9ClN4OS4. The number of nitrogens with zero attached hydrogens (tertiary/aromatic N) is 4. The minimum atomic E-state index is -0.0684. The van der Waals surface area contributed by atoms with Crippen LogP contribution in [0.3, 0.4) is 0 Å². The molecule has 0 aliphatic rings. The summed E-state index contributed by atoms with van der Waals surface area (Å²) in [7, 11) is 0. The van der Waals surface area contributed by atoms with Gasteiger partial charge in [0.1, 0.15) is 0 Å². The maximum Gasteiger partial charge on any atom is 0.258 e. The van der Waals surface area contributed by atoms with Gasteiger partial charge < -0.3 is 0 Å². The molecule has 0 saturated carbocycles. The maximum atomic E-state index is 12.0. The quantitative estimate of drug-likeness (QED) is 0.351. The number of fused-ring (bicyclic) bond motifs is 1. The number of aromatic nitrogens is 4. The SMILES string of the molecule is O=c1cc(CSc2nn(-c3ccc(Cl)cc3)c(=S)s2)nc2sccn12. The zero-order chi connectivity index (χ0) is 17.4. The Bertz CT molecular complexity index is 1160. The van der Waals surface area contributed by atoms with E-state index in [-0.39, 0.29) is 5.56 Å². The van der Waals surface area contributed by atoms with Gasteiger partial charge in [0.15, 0.2) is 13.3 Å². The molecule has 1 aromatic carbocycles. The molecule has 0 saturated heterocycles. The average Bonchev–Trinajstić information content (AvgIpc) is 3.20. The van der Waals surface area contributed by atoms with Crippen LogP contribution < -0.4 is 5.56 Å². The highest BCUT2D eigenvalue weighted by atomic mass is 35.5. The van der Waals surface area contributed by atoms with Crippen LogP contribution >= 0.6 is 58.3 Å². The van der Waals surface area contributed by atoms with Gasteiger partial charge in [-0.3, -0.25) is 9.20 Å². The van der Waals surface area contributed by atoms with Gasteiger partial charge in [-0.1, -0.05) is 34.7 Å². The van der Waals surface area contributed by atoms with Gasteiger partial charge in [0.2, 0.25) is 0 Å². The van der Waals surface area contributed by atoms with Crippen molar-refractivity contribution in [3.63, 3.8) is 0 Å². The monoisotopic (exact) mass is 424 g/mol. The second-order valence-corrected chi connectivity index (χ2v) is 9.11. The van der Waals surface area contributed by atoms with Crippen molar-refractivity contribution in [2.75, 3.05) is 0 Å². The highest BCUT2D eigenvalue weighted by Gasteiger charge is 2.09. The summed E-state index contributed by atoms with van der Waals surface area (Å²) in [5, 5.41) is 7.06. The van der Waals surface area contributed by atoms with Crippen LogP contribution in [-0.2, 0) is 5.75 Å². The molecular weight excluding hydrogens is 416 g/mol. The minimum absolute atomic E-state index is 0.0684. The van der Waals surface area contributed by atoms with Crippen LogP contribution in [0.15, 0.2) is 51.0 Å². The third kappa shape index (κ3) is 3.56. The van der Waals surface area contributed by atoms with Crippen molar-refractivity contribution < 1.29 is 0 Å². The van der Waals surface area contributed by atoms with Gasteiger partial charge in [0, 0.05) is 28.4 Å². The molecule has 25 heavy (non-hydrogen) atoms. The predicted molar refractivity (Wildman–Crippen MR) is 106 cm³/mol. The lowest BCUT2D eigenvalue weighted by molar-refractivity contribution is 0.829. The summed E-state index contributed by atoms with van der Waals surface area (Å²) in [5.41, 5.74) is 1.53. The number of thioether (sulfide) groups is 1. The average molecular weight is 425 g/mol. The molecule has 0 amide bonds. The van der Waals surface area contributed by atoms with Crippen LogP contribution in [0.5, 0.6) is 0 Å². The van der Waals surface area contributed by atoms with Crippen molar-refractivity contribution in [3.05, 3.63) is 66.9 Å². The third-order valence-electron chi connectivity index (χ3n) is 3.30. The first kappa shape index (κ1) is 16.9. The van der Waals surface area contributed by atoms with Gasteiger partial charge in [0.25, 0.3) is 5.56 Å². The van der Waals surface area contributed by atoms with E-state index in [1.54, 1.807) is 29.1 Å². The Balaban J connectivity index is 1.57. The molecule has 3 aromatic heterocycles. The molecule has 4 rings (SSSR count). The van der Waals surface area contributed by atoms with Crippen molar-refractivity contribution in [3.8, 4) is 5.69 Å². The largest absolute Gasteiger partial charge is 0.269 e. The van der Waals surface area contributed by atoms with Crippen LogP contribution in [0.2, 0.25) is 5.02 Å². The van der Waals surface area contributed by atoms with Gasteiger partial charge in [-0.15, -0.1) is 16.4 Å². The zero-order valence-electron chi connectivity index (χ0n) is 12.5. The molecule has 0 fully saturated rings. The van der Waals surface area contributed by atoms with E-state index in [4.69, 9.17) is 23.8 Å². The summed E-state index contributed by atoms with van der Waals surface area (Å²) in [6, 6.07) is 8.91. The van der Waals surface area contributed by atoms with Crippen molar-refractivity contribution in [1.29, 1.82) is 0 Å². The van der Waals surface area contributed by atoms with Gasteiger partial charge in [-0.25, -0.2) is 9.67 Å². The molecule has 0 radical (unpaired) electrons. The smallest absolute Gasteiger partial charge is 0.258 e. The van der Waals surface area contributed by atoms with Crippen molar-refractivity contribution in [2.45, 2.75) is 10.1 Å². The maximum absolute atomic E-state index is 12.0. The number of halogens is 1. The zero-order valence-corrected chi connectivity index (χ0v) is 16.5. The van der Waals surface area contributed by atoms with E-state index in [9.17, 15) is 4.79 Å². The van der Waals surface area contributed by atoms with Crippen molar-refractivity contribution in [2.24, 2.45) is 0 Å². The molecule has 4 aromatic rings. The minimum Gasteiger partial charge on any atom is -0.269 e. The number of thiazole rings is 1. The lowest BCUT2D eigenvalue weighted by Crippen LogP contribution is -2.12. The first-order chi connectivity index (χ1) is 12.1. The molecule has 0 unspecified atom stereocenters. The number of benzene rings is 1. The summed E-state index contributed by atoms with van der Waals surface area (Å²) in [4.78, 5) is 17.2. The number of hydrogen-bond acceptors (Lipinski definition) is 7. The summed E-state index contributed by atoms with van der Waals surface area (Å²) in [6.45, 7) is 0. The summed E-state index contributed by atoms with van der Waals surface area (Å²) < 4.78 is 4.74. The molecule has 126 valence electrons. The van der Waals surface area contributed by atoms with Gasteiger partial charge >= 0.3 is 0 Å². The number of hydrogen-bond donors (Lipinski definition) is 0. The molecule has 3 heterocycles. The first-order valence-corrected chi connectivity index (χ1v) is 10.5. The van der Waals surface area contributed by atoms with E-state index in [0.717, 1.165) is 15.7 Å². The fourth-order valence-corrected chi connectivity index (χ4v) is 5.28. The Labute approximate surface area is 164 Å². The molecule has 10 heteroatoms. The van der Waals surface area contributed by atoms with Crippen LogP contribution in [0.25, 0.3) is 10.6 Å². The highest BCUT2D eigenvalue weighted by Crippen LogP contribution is 2.27. The third-order valence-corrected chi connectivity index (χ3v) is 6.71. The molecule has 0 atom stereocenters. The van der Waals surface area contributed by atoms with E-state index in [0.29, 0.717) is 19.7 Å². The van der Waals surface area contributed by atoms with E-state index < -0.39 is 0 Å². The van der Waals surface area contributed by atoms with Gasteiger partial charge in [-0.2, -0.15) is 0 Å². The van der Waals surface area contributed by atoms with E-state index in [2.05, 4.69) is 10.1 Å². The molecule has 0 aliphatic heterocycles. The van der Waals surface area contributed by atoms with E-state index >= 15 is 0 Å². The Hall–Kier alpha value is -1.52. The fourth-order valence-electron chi connectivity index (χ4n) is 2.16. The molecule has 5 nitrogen and oxygen atoms in total. The normalized spacial score (nSPS) is 11.2. The Morgan fingerprint density at radius 1 is 1.28 bits per heavy atom. The number of rotatable bonds is 4. The lowest BCUT2D eigenvalue weighted by Gasteiger charge is -2.00. The summed E-state index contributed by atoms with van der Waals surface area (Å²) >= 11 is 15.7. The van der Waals surface area contributed by atoms with Crippen LogP contribution in [-0.4, -0.2) is 19.2 Å². The second-order valence-electron chi connectivity index (χ2n) is 4.95. The standard InChI is InChI=1S/C15H9ClN4OS4/c16-9-1-3-11(4-2-9)20-15(22)25-14(18-20)24-8-10-7-12(21)19-5-6-23-13(19)17-10/h1-7H,8H2. The lowest BCUT2D eigenvalue weighted by atomic mass is 10.3. The van der Waals surface area contributed by atoms with E-state index in [1.165, 1.54) is 38.8 Å². The molecule has 0 spiro atoms. The Morgan fingerprint density at radius 2 is 2.08 bits per heavy atom. The van der Waals surface area contributed by atoms with Crippen molar-refractivity contribution in [1.82, 2.24) is 19.2 Å². The Kier molecular flexibility index (Phi) is 4.74. The van der Waals surface area contributed by atoms with Crippen LogP contribution in [0, 0.1) is 3.95 Å². The van der Waals surface area contributed by atoms with Gasteiger partial charge in [-0.05, 0) is 36.5 Å². The summed E-state index contributed by atoms with van der Waals surface area (Å²) in [6.07, 6.45) is 1.73. The molecule has 0 N–H and O–H groups in total. The molecule has 0 bridgehead atoms.